The Kier molecular flexibility index (Phi) is 7.12. The second-order valence-electron chi connectivity index (χ2n) is 8.56. The van der Waals surface area contributed by atoms with Gasteiger partial charge in [0.2, 0.25) is 0 Å². The zero-order valence-electron chi connectivity index (χ0n) is 20.9. The van der Waals surface area contributed by atoms with E-state index in [-0.39, 0.29) is 11.4 Å². The standard InChI is InChI=1S/C29H22ClFN6O2/c1-17(28-36-24-10-6-9-23(30)25(24)29(38)37(28)20-7-4-3-5-8-20)35-27-22(26(32)33-16-34-27)12-11-18-13-19(31)15-21(14-18)39-2/h3-10,13-17H,1-2H3,(H3,32,33,34,35). The van der Waals surface area contributed by atoms with Gasteiger partial charge in [0.25, 0.3) is 5.56 Å². The van der Waals surface area contributed by atoms with Crippen LogP contribution in [0, 0.1) is 17.7 Å². The van der Waals surface area contributed by atoms with Crippen LogP contribution in [0.4, 0.5) is 16.0 Å². The minimum atomic E-state index is -0.537. The molecule has 2 aromatic heterocycles. The Labute approximate surface area is 228 Å². The Morgan fingerprint density at radius 2 is 1.87 bits per heavy atom. The average Bonchev–Trinajstić information content (AvgIpc) is 2.92. The van der Waals surface area contributed by atoms with Crippen LogP contribution in [0.2, 0.25) is 5.02 Å². The number of ether oxygens (including phenoxy) is 1. The second-order valence-corrected chi connectivity index (χ2v) is 8.97. The molecule has 0 aliphatic carbocycles. The van der Waals surface area contributed by atoms with Crippen molar-refractivity contribution in [2.45, 2.75) is 13.0 Å². The van der Waals surface area contributed by atoms with Gasteiger partial charge in [0, 0.05) is 11.6 Å². The number of halogens is 2. The average molecular weight is 541 g/mol. The fourth-order valence-electron chi connectivity index (χ4n) is 4.11. The van der Waals surface area contributed by atoms with Crippen molar-refractivity contribution in [1.82, 2.24) is 19.5 Å². The molecule has 0 saturated carbocycles. The molecule has 0 aliphatic heterocycles. The second kappa shape index (κ2) is 10.8. The Morgan fingerprint density at radius 3 is 2.64 bits per heavy atom. The largest absolute Gasteiger partial charge is 0.497 e. The van der Waals surface area contributed by atoms with Crippen molar-refractivity contribution in [3.63, 3.8) is 0 Å². The number of nitrogens with one attached hydrogen (secondary N) is 1. The Bertz CT molecular complexity index is 1810. The Hall–Kier alpha value is -4.94. The molecule has 8 nitrogen and oxygen atoms in total. The first-order chi connectivity index (χ1) is 18.9. The lowest BCUT2D eigenvalue weighted by molar-refractivity contribution is 0.411. The Morgan fingerprint density at radius 1 is 1.08 bits per heavy atom. The van der Waals surface area contributed by atoms with Gasteiger partial charge in [0.15, 0.2) is 0 Å². The van der Waals surface area contributed by atoms with Crippen molar-refractivity contribution in [3.05, 3.63) is 111 Å². The number of hydrogen-bond acceptors (Lipinski definition) is 7. The summed E-state index contributed by atoms with van der Waals surface area (Å²) in [6.45, 7) is 1.84. The van der Waals surface area contributed by atoms with Crippen molar-refractivity contribution in [1.29, 1.82) is 0 Å². The van der Waals surface area contributed by atoms with Crippen LogP contribution < -0.4 is 21.3 Å². The first kappa shape index (κ1) is 25.7. The van der Waals surface area contributed by atoms with E-state index in [0.29, 0.717) is 50.1 Å². The molecule has 5 rings (SSSR count). The van der Waals surface area contributed by atoms with Crippen LogP contribution in [0.25, 0.3) is 16.6 Å². The summed E-state index contributed by atoms with van der Waals surface area (Å²) in [4.78, 5) is 26.9. The van der Waals surface area contributed by atoms with Gasteiger partial charge in [-0.1, -0.05) is 47.7 Å². The van der Waals surface area contributed by atoms with Gasteiger partial charge >= 0.3 is 0 Å². The van der Waals surface area contributed by atoms with E-state index in [4.69, 9.17) is 27.1 Å². The minimum absolute atomic E-state index is 0.134. The predicted molar refractivity (Wildman–Crippen MR) is 150 cm³/mol. The van der Waals surface area contributed by atoms with Crippen LogP contribution in [-0.2, 0) is 0 Å². The topological polar surface area (TPSA) is 108 Å². The van der Waals surface area contributed by atoms with Gasteiger partial charge in [-0.05, 0) is 43.3 Å². The molecule has 0 bridgehead atoms. The number of nitrogen functional groups attached to an aromatic ring is 1. The zero-order valence-corrected chi connectivity index (χ0v) is 21.7. The number of nitrogens with two attached hydrogens (primary N) is 1. The normalized spacial score (nSPS) is 11.5. The number of benzene rings is 3. The molecule has 0 aliphatic rings. The molecule has 2 heterocycles. The van der Waals surface area contributed by atoms with Gasteiger partial charge in [0.1, 0.15) is 40.9 Å². The maximum atomic E-state index is 14.0. The minimum Gasteiger partial charge on any atom is -0.497 e. The van der Waals surface area contributed by atoms with Gasteiger partial charge in [-0.15, -0.1) is 0 Å². The SMILES string of the molecule is COc1cc(F)cc(C#Cc2c(N)ncnc2NC(C)c2nc3cccc(Cl)c3c(=O)n2-c2ccccc2)c1. The number of para-hydroxylation sites is 1. The highest BCUT2D eigenvalue weighted by Crippen LogP contribution is 2.26. The fourth-order valence-corrected chi connectivity index (χ4v) is 4.36. The van der Waals surface area contributed by atoms with E-state index in [9.17, 15) is 9.18 Å². The number of aromatic nitrogens is 4. The fraction of sp³-hybridized carbons (Fsp3) is 0.103. The molecule has 5 aromatic rings. The highest BCUT2D eigenvalue weighted by atomic mass is 35.5. The maximum Gasteiger partial charge on any atom is 0.267 e. The summed E-state index contributed by atoms with van der Waals surface area (Å²) >= 11 is 6.39. The van der Waals surface area contributed by atoms with E-state index in [1.54, 1.807) is 24.3 Å². The number of rotatable bonds is 5. The third kappa shape index (κ3) is 5.23. The molecule has 39 heavy (non-hydrogen) atoms. The van der Waals surface area contributed by atoms with Crippen LogP contribution in [0.1, 0.15) is 29.9 Å². The summed E-state index contributed by atoms with van der Waals surface area (Å²) in [6, 6.07) is 17.9. The smallest absolute Gasteiger partial charge is 0.267 e. The van der Waals surface area contributed by atoms with Crippen LogP contribution in [-0.4, -0.2) is 26.6 Å². The molecule has 194 valence electrons. The molecule has 0 radical (unpaired) electrons. The molecular formula is C29H22ClFN6O2. The maximum absolute atomic E-state index is 14.0. The van der Waals surface area contributed by atoms with Gasteiger partial charge in [-0.2, -0.15) is 0 Å². The molecule has 0 spiro atoms. The van der Waals surface area contributed by atoms with Gasteiger partial charge < -0.3 is 15.8 Å². The highest BCUT2D eigenvalue weighted by molar-refractivity contribution is 6.35. The first-order valence-corrected chi connectivity index (χ1v) is 12.2. The van der Waals surface area contributed by atoms with E-state index >= 15 is 0 Å². The molecule has 3 aromatic carbocycles. The van der Waals surface area contributed by atoms with Crippen LogP contribution in [0.3, 0.4) is 0 Å². The Balaban J connectivity index is 1.60. The monoisotopic (exact) mass is 540 g/mol. The van der Waals surface area contributed by atoms with Gasteiger partial charge in [-0.3, -0.25) is 9.36 Å². The van der Waals surface area contributed by atoms with E-state index in [1.807, 2.05) is 37.3 Å². The quantitative estimate of drug-likeness (QED) is 0.297. The summed E-state index contributed by atoms with van der Waals surface area (Å²) in [5.74, 6) is 6.57. The van der Waals surface area contributed by atoms with Crippen molar-refractivity contribution < 1.29 is 9.13 Å². The van der Waals surface area contributed by atoms with E-state index in [2.05, 4.69) is 27.1 Å². The summed E-state index contributed by atoms with van der Waals surface area (Å²) in [6.07, 6.45) is 1.30. The first-order valence-electron chi connectivity index (χ1n) is 11.9. The number of methoxy groups -OCH3 is 1. The van der Waals surface area contributed by atoms with Gasteiger partial charge in [-0.25, -0.2) is 19.3 Å². The number of hydrogen-bond donors (Lipinski definition) is 2. The van der Waals surface area contributed by atoms with Crippen molar-refractivity contribution >= 4 is 34.1 Å². The number of nitrogens with zero attached hydrogens (tertiary/aromatic N) is 4. The molecule has 1 unspecified atom stereocenters. The molecule has 3 N–H and O–H groups in total. The lowest BCUT2D eigenvalue weighted by Crippen LogP contribution is -2.27. The predicted octanol–water partition coefficient (Wildman–Crippen LogP) is 5.13. The molecule has 0 saturated heterocycles. The van der Waals surface area contributed by atoms with E-state index in [1.165, 1.54) is 30.1 Å². The van der Waals surface area contributed by atoms with Crippen LogP contribution in [0.15, 0.2) is 77.9 Å². The third-order valence-corrected chi connectivity index (χ3v) is 6.26. The third-order valence-electron chi connectivity index (χ3n) is 5.94. The zero-order chi connectivity index (χ0) is 27.5. The van der Waals surface area contributed by atoms with Crippen molar-refractivity contribution in [2.24, 2.45) is 0 Å². The summed E-state index contributed by atoms with van der Waals surface area (Å²) in [7, 11) is 1.45. The molecule has 0 fully saturated rings. The summed E-state index contributed by atoms with van der Waals surface area (Å²) < 4.78 is 20.6. The number of anilines is 2. The lowest BCUT2D eigenvalue weighted by atomic mass is 10.1. The summed E-state index contributed by atoms with van der Waals surface area (Å²) in [5, 5.41) is 3.91. The molecule has 10 heteroatoms. The summed E-state index contributed by atoms with van der Waals surface area (Å²) in [5.41, 5.74) is 7.63. The van der Waals surface area contributed by atoms with Crippen molar-refractivity contribution in [2.75, 3.05) is 18.2 Å². The number of fused-ring (bicyclic) bond motifs is 1. The van der Waals surface area contributed by atoms with E-state index in [0.717, 1.165) is 0 Å². The van der Waals surface area contributed by atoms with Crippen LogP contribution >= 0.6 is 11.6 Å². The molecule has 0 amide bonds. The molecule has 1 atom stereocenters. The van der Waals surface area contributed by atoms with E-state index < -0.39 is 11.9 Å². The van der Waals surface area contributed by atoms with Crippen molar-refractivity contribution in [3.8, 4) is 23.3 Å². The van der Waals surface area contributed by atoms with Gasteiger partial charge in [0.05, 0.1) is 34.8 Å². The lowest BCUT2D eigenvalue weighted by Gasteiger charge is -2.21. The highest BCUT2D eigenvalue weighted by Gasteiger charge is 2.21. The molecular weight excluding hydrogens is 519 g/mol. The van der Waals surface area contributed by atoms with Crippen LogP contribution in [0.5, 0.6) is 5.75 Å².